The van der Waals surface area contributed by atoms with E-state index in [4.69, 9.17) is 4.74 Å². The summed E-state index contributed by atoms with van der Waals surface area (Å²) in [4.78, 5) is 11.9. The summed E-state index contributed by atoms with van der Waals surface area (Å²) >= 11 is 0. The first-order valence-corrected chi connectivity index (χ1v) is 6.91. The average molecular weight is 275 g/mol. The summed E-state index contributed by atoms with van der Waals surface area (Å²) in [6.07, 6.45) is 2.70. The van der Waals surface area contributed by atoms with Gasteiger partial charge < -0.3 is 15.2 Å². The minimum atomic E-state index is -0.831. The molecule has 4 nitrogen and oxygen atoms in total. The van der Waals surface area contributed by atoms with E-state index in [2.05, 4.69) is 5.32 Å². The van der Waals surface area contributed by atoms with Gasteiger partial charge in [-0.15, -0.1) is 0 Å². The fourth-order valence-electron chi connectivity index (χ4n) is 2.21. The lowest BCUT2D eigenvalue weighted by atomic mass is 9.94. The van der Waals surface area contributed by atoms with E-state index < -0.39 is 5.60 Å². The normalized spacial score (nSPS) is 18.6. The Labute approximate surface area is 119 Å². The minimum absolute atomic E-state index is 0.175. The van der Waals surface area contributed by atoms with Crippen LogP contribution in [0.15, 0.2) is 36.4 Å². The topological polar surface area (TPSA) is 58.6 Å². The summed E-state index contributed by atoms with van der Waals surface area (Å²) in [6, 6.07) is 9.75. The molecular formula is C16H21NO3. The van der Waals surface area contributed by atoms with E-state index >= 15 is 0 Å². The largest absolute Gasteiger partial charge is 0.388 e. The quantitative estimate of drug-likeness (QED) is 0.823. The second kappa shape index (κ2) is 6.68. The SMILES string of the molecule is CC(=CC(=O)NCC1(O)CCOCC1)c1ccccc1. The summed E-state index contributed by atoms with van der Waals surface area (Å²) in [5.41, 5.74) is 1.09. The van der Waals surface area contributed by atoms with Crippen LogP contribution in [0, 0.1) is 0 Å². The van der Waals surface area contributed by atoms with E-state index in [0.29, 0.717) is 26.1 Å². The third-order valence-electron chi connectivity index (χ3n) is 3.59. The molecule has 0 atom stereocenters. The van der Waals surface area contributed by atoms with E-state index in [0.717, 1.165) is 11.1 Å². The highest BCUT2D eigenvalue weighted by Gasteiger charge is 2.29. The maximum Gasteiger partial charge on any atom is 0.244 e. The van der Waals surface area contributed by atoms with E-state index in [1.165, 1.54) is 0 Å². The number of nitrogens with one attached hydrogen (secondary N) is 1. The summed E-state index contributed by atoms with van der Waals surface area (Å²) in [5.74, 6) is -0.175. The van der Waals surface area contributed by atoms with Gasteiger partial charge in [-0.3, -0.25) is 4.79 Å². The van der Waals surface area contributed by atoms with Crippen molar-refractivity contribution in [3.8, 4) is 0 Å². The molecule has 1 aromatic carbocycles. The molecule has 0 aliphatic carbocycles. The van der Waals surface area contributed by atoms with Gasteiger partial charge in [0.25, 0.3) is 0 Å². The number of allylic oxidation sites excluding steroid dienone is 1. The molecule has 4 heteroatoms. The van der Waals surface area contributed by atoms with Crippen LogP contribution in [0.4, 0.5) is 0 Å². The van der Waals surface area contributed by atoms with Crippen LogP contribution in [0.3, 0.4) is 0 Å². The first-order valence-electron chi connectivity index (χ1n) is 6.91. The predicted octanol–water partition coefficient (Wildman–Crippen LogP) is 1.75. The van der Waals surface area contributed by atoms with Gasteiger partial charge in [-0.1, -0.05) is 30.3 Å². The number of amides is 1. The van der Waals surface area contributed by atoms with Crippen molar-refractivity contribution in [1.29, 1.82) is 0 Å². The van der Waals surface area contributed by atoms with Crippen molar-refractivity contribution < 1.29 is 14.6 Å². The highest BCUT2D eigenvalue weighted by atomic mass is 16.5. The molecule has 1 aliphatic rings. The Hall–Kier alpha value is -1.65. The Balaban J connectivity index is 1.89. The van der Waals surface area contributed by atoms with Gasteiger partial charge in [-0.2, -0.15) is 0 Å². The van der Waals surface area contributed by atoms with Crippen molar-refractivity contribution in [3.05, 3.63) is 42.0 Å². The number of ether oxygens (including phenoxy) is 1. The maximum atomic E-state index is 11.9. The number of rotatable bonds is 4. The van der Waals surface area contributed by atoms with Gasteiger partial charge in [0, 0.05) is 38.7 Å². The number of carbonyl (C=O) groups excluding carboxylic acids is 1. The molecule has 1 aliphatic heterocycles. The summed E-state index contributed by atoms with van der Waals surface area (Å²) in [5, 5.41) is 13.0. The number of hydrogen-bond acceptors (Lipinski definition) is 3. The lowest BCUT2D eigenvalue weighted by molar-refractivity contribution is -0.119. The molecule has 1 fully saturated rings. The first kappa shape index (κ1) is 14.8. The molecule has 1 aromatic rings. The van der Waals surface area contributed by atoms with E-state index in [1.807, 2.05) is 37.3 Å². The Morgan fingerprint density at radius 1 is 1.35 bits per heavy atom. The van der Waals surface area contributed by atoms with Gasteiger partial charge in [0.1, 0.15) is 0 Å². The van der Waals surface area contributed by atoms with E-state index in [-0.39, 0.29) is 12.5 Å². The summed E-state index contributed by atoms with van der Waals surface area (Å²) in [7, 11) is 0. The van der Waals surface area contributed by atoms with Crippen LogP contribution in [0.5, 0.6) is 0 Å². The number of benzene rings is 1. The van der Waals surface area contributed by atoms with Crippen molar-refractivity contribution in [3.63, 3.8) is 0 Å². The molecule has 0 radical (unpaired) electrons. The Morgan fingerprint density at radius 3 is 2.65 bits per heavy atom. The van der Waals surface area contributed by atoms with Crippen molar-refractivity contribution in [1.82, 2.24) is 5.32 Å². The van der Waals surface area contributed by atoms with Crippen LogP contribution >= 0.6 is 0 Å². The zero-order valence-corrected chi connectivity index (χ0v) is 11.8. The van der Waals surface area contributed by atoms with Crippen molar-refractivity contribution >= 4 is 11.5 Å². The van der Waals surface area contributed by atoms with Gasteiger partial charge in [0.05, 0.1) is 5.60 Å². The van der Waals surface area contributed by atoms with Gasteiger partial charge in [0.2, 0.25) is 5.91 Å². The standard InChI is InChI=1S/C16H21NO3/c1-13(14-5-3-2-4-6-14)11-15(18)17-12-16(19)7-9-20-10-8-16/h2-6,11,19H,7-10,12H2,1H3,(H,17,18). The van der Waals surface area contributed by atoms with Crippen molar-refractivity contribution in [2.24, 2.45) is 0 Å². The zero-order valence-electron chi connectivity index (χ0n) is 11.8. The minimum Gasteiger partial charge on any atom is -0.388 e. The smallest absolute Gasteiger partial charge is 0.244 e. The van der Waals surface area contributed by atoms with Crippen LogP contribution in [0.2, 0.25) is 0 Å². The van der Waals surface area contributed by atoms with Crippen molar-refractivity contribution in [2.45, 2.75) is 25.4 Å². The zero-order chi connectivity index (χ0) is 14.4. The lowest BCUT2D eigenvalue weighted by Gasteiger charge is -2.31. The first-order chi connectivity index (χ1) is 9.59. The Morgan fingerprint density at radius 2 is 2.00 bits per heavy atom. The molecule has 0 saturated carbocycles. The molecule has 1 saturated heterocycles. The average Bonchev–Trinajstić information content (AvgIpc) is 2.47. The van der Waals surface area contributed by atoms with Crippen LogP contribution in [-0.4, -0.2) is 36.4 Å². The molecule has 108 valence electrons. The monoisotopic (exact) mass is 275 g/mol. The fourth-order valence-corrected chi connectivity index (χ4v) is 2.21. The summed E-state index contributed by atoms with van der Waals surface area (Å²) < 4.78 is 5.21. The van der Waals surface area contributed by atoms with E-state index in [9.17, 15) is 9.90 Å². The van der Waals surface area contributed by atoms with Crippen LogP contribution in [-0.2, 0) is 9.53 Å². The number of hydrogen-bond donors (Lipinski definition) is 2. The van der Waals surface area contributed by atoms with Gasteiger partial charge in [-0.05, 0) is 18.1 Å². The van der Waals surface area contributed by atoms with Gasteiger partial charge in [-0.25, -0.2) is 0 Å². The molecule has 2 rings (SSSR count). The molecule has 0 spiro atoms. The second-order valence-corrected chi connectivity index (χ2v) is 5.25. The third kappa shape index (κ3) is 4.18. The molecule has 20 heavy (non-hydrogen) atoms. The lowest BCUT2D eigenvalue weighted by Crippen LogP contribution is -2.46. The molecular weight excluding hydrogens is 254 g/mol. The Bertz CT molecular complexity index is 476. The molecule has 2 N–H and O–H groups in total. The third-order valence-corrected chi connectivity index (χ3v) is 3.59. The highest BCUT2D eigenvalue weighted by Crippen LogP contribution is 2.19. The second-order valence-electron chi connectivity index (χ2n) is 5.25. The molecule has 1 amide bonds. The van der Waals surface area contributed by atoms with Crippen LogP contribution in [0.1, 0.15) is 25.3 Å². The molecule has 0 bridgehead atoms. The molecule has 0 unspecified atom stereocenters. The van der Waals surface area contributed by atoms with Gasteiger partial charge in [0.15, 0.2) is 0 Å². The van der Waals surface area contributed by atoms with Gasteiger partial charge >= 0.3 is 0 Å². The Kier molecular flexibility index (Phi) is 4.93. The highest BCUT2D eigenvalue weighted by molar-refractivity contribution is 5.94. The molecule has 0 aromatic heterocycles. The van der Waals surface area contributed by atoms with E-state index in [1.54, 1.807) is 6.08 Å². The fraction of sp³-hybridized carbons (Fsp3) is 0.438. The number of aliphatic hydroxyl groups is 1. The van der Waals surface area contributed by atoms with Crippen LogP contribution < -0.4 is 5.32 Å². The molecule has 1 heterocycles. The maximum absolute atomic E-state index is 11.9. The number of carbonyl (C=O) groups is 1. The predicted molar refractivity (Wildman–Crippen MR) is 78.1 cm³/mol. The summed E-state index contributed by atoms with van der Waals surface area (Å²) in [6.45, 7) is 3.27. The van der Waals surface area contributed by atoms with Crippen LogP contribution in [0.25, 0.3) is 5.57 Å². The van der Waals surface area contributed by atoms with Crippen molar-refractivity contribution in [2.75, 3.05) is 19.8 Å².